The summed E-state index contributed by atoms with van der Waals surface area (Å²) < 4.78 is 0. The number of rotatable bonds is 4. The van der Waals surface area contributed by atoms with Gasteiger partial charge in [-0.3, -0.25) is 0 Å². The number of aliphatic hydroxyl groups is 1. The van der Waals surface area contributed by atoms with Crippen molar-refractivity contribution in [2.75, 3.05) is 12.7 Å². The predicted molar refractivity (Wildman–Crippen MR) is 60.6 cm³/mol. The first kappa shape index (κ1) is 12.8. The van der Waals surface area contributed by atoms with Gasteiger partial charge < -0.3 is 20.6 Å². The summed E-state index contributed by atoms with van der Waals surface area (Å²) in [4.78, 5) is 17.8. The second kappa shape index (κ2) is 5.21. The molecule has 1 unspecified atom stereocenters. The third kappa shape index (κ3) is 3.38. The largest absolute Gasteiger partial charge is 0.383 e. The normalized spacial score (nSPS) is 15.3. The lowest BCUT2D eigenvalue weighted by Gasteiger charge is -2.27. The summed E-state index contributed by atoms with van der Waals surface area (Å²) >= 11 is 5.70. The molecule has 0 amide bonds. The van der Waals surface area contributed by atoms with Crippen LogP contribution in [0.3, 0.4) is 0 Å². The van der Waals surface area contributed by atoms with Crippen molar-refractivity contribution >= 4 is 20.0 Å². The highest BCUT2D eigenvalue weighted by molar-refractivity contribution is 7.45. The minimum absolute atomic E-state index is 0.0748. The lowest BCUT2D eigenvalue weighted by Crippen LogP contribution is -2.37. The van der Waals surface area contributed by atoms with Crippen molar-refractivity contribution in [2.24, 2.45) is 5.73 Å². The van der Waals surface area contributed by atoms with E-state index in [9.17, 15) is 5.11 Å². The molecule has 0 bridgehead atoms. The number of benzene rings is 1. The highest BCUT2D eigenvalue weighted by atomic mass is 35.5. The zero-order valence-electron chi connectivity index (χ0n) is 7.97. The molecule has 1 aromatic rings. The van der Waals surface area contributed by atoms with Crippen molar-refractivity contribution in [3.05, 3.63) is 34.9 Å². The Labute approximate surface area is 94.2 Å². The molecule has 6 heteroatoms. The molecule has 0 radical (unpaired) electrons. The number of halogens is 1. The van der Waals surface area contributed by atoms with Crippen LogP contribution in [0.2, 0.25) is 5.02 Å². The van der Waals surface area contributed by atoms with Crippen LogP contribution >= 0.6 is 20.0 Å². The van der Waals surface area contributed by atoms with Crippen molar-refractivity contribution in [2.45, 2.75) is 5.60 Å². The molecular formula is C9H13ClNO3P. The van der Waals surface area contributed by atoms with Gasteiger partial charge >= 0.3 is 0 Å². The molecule has 5 N–H and O–H groups in total. The Balaban J connectivity index is 2.95. The van der Waals surface area contributed by atoms with Gasteiger partial charge in [0, 0.05) is 11.6 Å². The second-order valence-electron chi connectivity index (χ2n) is 3.27. The van der Waals surface area contributed by atoms with Crippen LogP contribution in [0, 0.1) is 0 Å². The first-order valence-electron chi connectivity index (χ1n) is 4.32. The van der Waals surface area contributed by atoms with E-state index >= 15 is 0 Å². The maximum Gasteiger partial charge on any atom is 0.168 e. The van der Waals surface area contributed by atoms with Gasteiger partial charge in [0.1, 0.15) is 5.60 Å². The van der Waals surface area contributed by atoms with Crippen LogP contribution in [0.1, 0.15) is 5.56 Å². The molecule has 0 aliphatic rings. The van der Waals surface area contributed by atoms with Crippen LogP contribution in [0.15, 0.2) is 24.3 Å². The molecule has 15 heavy (non-hydrogen) atoms. The van der Waals surface area contributed by atoms with Gasteiger partial charge in [-0.15, -0.1) is 0 Å². The average molecular weight is 250 g/mol. The van der Waals surface area contributed by atoms with Crippen LogP contribution in [0.5, 0.6) is 0 Å². The van der Waals surface area contributed by atoms with E-state index < -0.39 is 14.0 Å². The predicted octanol–water partition coefficient (Wildman–Crippen LogP) is 0.783. The molecule has 84 valence electrons. The van der Waals surface area contributed by atoms with E-state index in [1.54, 1.807) is 24.3 Å². The van der Waals surface area contributed by atoms with Gasteiger partial charge in [0.25, 0.3) is 0 Å². The SMILES string of the molecule is NCC(O)(CP(O)O)c1ccc(Cl)cc1. The van der Waals surface area contributed by atoms with Crippen LogP contribution < -0.4 is 5.73 Å². The van der Waals surface area contributed by atoms with Crippen molar-refractivity contribution < 1.29 is 14.9 Å². The molecule has 0 spiro atoms. The summed E-state index contributed by atoms with van der Waals surface area (Å²) in [6, 6.07) is 6.48. The quantitative estimate of drug-likeness (QED) is 0.594. The summed E-state index contributed by atoms with van der Waals surface area (Å²) in [6.07, 6.45) is -0.166. The highest BCUT2D eigenvalue weighted by Gasteiger charge is 2.30. The Morgan fingerprint density at radius 3 is 2.20 bits per heavy atom. The fraction of sp³-hybridized carbons (Fsp3) is 0.333. The van der Waals surface area contributed by atoms with Crippen molar-refractivity contribution in [1.29, 1.82) is 0 Å². The van der Waals surface area contributed by atoms with E-state index in [4.69, 9.17) is 27.1 Å². The second-order valence-corrected chi connectivity index (χ2v) is 4.77. The fourth-order valence-electron chi connectivity index (χ4n) is 1.27. The lowest BCUT2D eigenvalue weighted by molar-refractivity contribution is 0.0676. The molecule has 0 fully saturated rings. The first-order chi connectivity index (χ1) is 6.98. The topological polar surface area (TPSA) is 86.7 Å². The highest BCUT2D eigenvalue weighted by Crippen LogP contribution is 2.34. The minimum atomic E-state index is -2.19. The van der Waals surface area contributed by atoms with Gasteiger partial charge in [-0.2, -0.15) is 0 Å². The summed E-state index contributed by atoms with van der Waals surface area (Å²) in [6.45, 7) is -0.0748. The van der Waals surface area contributed by atoms with E-state index in [-0.39, 0.29) is 12.7 Å². The molecule has 0 saturated heterocycles. The third-order valence-corrected chi connectivity index (χ3v) is 3.18. The van der Waals surface area contributed by atoms with Crippen LogP contribution in [-0.4, -0.2) is 27.6 Å². The Kier molecular flexibility index (Phi) is 4.46. The van der Waals surface area contributed by atoms with Crippen LogP contribution in [-0.2, 0) is 5.60 Å². The van der Waals surface area contributed by atoms with Gasteiger partial charge in [-0.1, -0.05) is 23.7 Å². The molecule has 0 aliphatic heterocycles. The maximum absolute atomic E-state index is 10.1. The van der Waals surface area contributed by atoms with E-state index in [2.05, 4.69) is 0 Å². The lowest BCUT2D eigenvalue weighted by atomic mass is 9.96. The standard InChI is InChI=1S/C9H13ClNO3P/c10-8-3-1-7(2-4-8)9(12,5-11)6-15(13)14/h1-4,12-14H,5-6,11H2. The van der Waals surface area contributed by atoms with Crippen LogP contribution in [0.4, 0.5) is 0 Å². The van der Waals surface area contributed by atoms with E-state index in [1.807, 2.05) is 0 Å². The molecule has 0 aromatic heterocycles. The number of hydrogen-bond acceptors (Lipinski definition) is 4. The Morgan fingerprint density at radius 1 is 1.27 bits per heavy atom. The van der Waals surface area contributed by atoms with E-state index in [0.717, 1.165) is 0 Å². The van der Waals surface area contributed by atoms with E-state index in [0.29, 0.717) is 10.6 Å². The Bertz CT molecular complexity index is 320. The molecule has 1 atom stereocenters. The molecule has 4 nitrogen and oxygen atoms in total. The zero-order chi connectivity index (χ0) is 11.5. The molecule has 0 saturated carbocycles. The molecule has 1 rings (SSSR count). The van der Waals surface area contributed by atoms with Gasteiger partial charge in [0.2, 0.25) is 0 Å². The summed E-state index contributed by atoms with van der Waals surface area (Å²) in [7, 11) is -2.19. The monoisotopic (exact) mass is 249 g/mol. The number of nitrogens with two attached hydrogens (primary N) is 1. The van der Waals surface area contributed by atoms with E-state index in [1.165, 1.54) is 0 Å². The molecule has 0 aliphatic carbocycles. The minimum Gasteiger partial charge on any atom is -0.383 e. The van der Waals surface area contributed by atoms with Gasteiger partial charge in [0.15, 0.2) is 8.38 Å². The Morgan fingerprint density at radius 2 is 1.80 bits per heavy atom. The summed E-state index contributed by atoms with van der Waals surface area (Å²) in [5, 5.41) is 10.6. The third-order valence-electron chi connectivity index (χ3n) is 2.12. The maximum atomic E-state index is 10.1. The van der Waals surface area contributed by atoms with Crippen LogP contribution in [0.25, 0.3) is 0 Å². The molecular weight excluding hydrogens is 237 g/mol. The van der Waals surface area contributed by atoms with Gasteiger partial charge in [-0.05, 0) is 17.7 Å². The van der Waals surface area contributed by atoms with Gasteiger partial charge in [-0.25, -0.2) is 0 Å². The number of hydrogen-bond donors (Lipinski definition) is 4. The molecule has 1 aromatic carbocycles. The summed E-state index contributed by atoms with van der Waals surface area (Å²) in [5.74, 6) is 0. The zero-order valence-corrected chi connectivity index (χ0v) is 9.62. The fourth-order valence-corrected chi connectivity index (χ4v) is 2.17. The van der Waals surface area contributed by atoms with Crippen molar-refractivity contribution in [1.82, 2.24) is 0 Å². The van der Waals surface area contributed by atoms with Crippen molar-refractivity contribution in [3.63, 3.8) is 0 Å². The average Bonchev–Trinajstić information content (AvgIpc) is 2.17. The van der Waals surface area contributed by atoms with Gasteiger partial charge in [0.05, 0.1) is 6.16 Å². The molecule has 0 heterocycles. The van der Waals surface area contributed by atoms with Crippen molar-refractivity contribution in [3.8, 4) is 0 Å². The Hall–Kier alpha value is -0.220. The first-order valence-corrected chi connectivity index (χ1v) is 6.13. The summed E-state index contributed by atoms with van der Waals surface area (Å²) in [5.41, 5.74) is 4.56. The smallest absolute Gasteiger partial charge is 0.168 e.